The Labute approximate surface area is 132 Å². The van der Waals surface area contributed by atoms with E-state index in [4.69, 9.17) is 5.11 Å². The van der Waals surface area contributed by atoms with Crippen LogP contribution in [-0.4, -0.2) is 27.8 Å². The quantitative estimate of drug-likeness (QED) is 0.683. The number of benzene rings is 1. The molecule has 0 unspecified atom stereocenters. The van der Waals surface area contributed by atoms with Gasteiger partial charge in [-0.15, -0.1) is 0 Å². The van der Waals surface area contributed by atoms with Crippen molar-refractivity contribution < 1.29 is 23.9 Å². The number of likely N-dealkylation sites (tertiary alicyclic amines) is 1. The maximum Gasteiger partial charge on any atom is 0.305 e. The van der Waals surface area contributed by atoms with Crippen LogP contribution in [0.1, 0.15) is 30.9 Å². The van der Waals surface area contributed by atoms with Gasteiger partial charge in [0, 0.05) is 0 Å². The molecule has 0 spiro atoms. The molecule has 1 fully saturated rings. The Morgan fingerprint density at radius 3 is 2.13 bits per heavy atom. The highest BCUT2D eigenvalue weighted by Crippen LogP contribution is 2.40. The van der Waals surface area contributed by atoms with Crippen molar-refractivity contribution in [1.82, 2.24) is 4.90 Å². The predicted octanol–water partition coefficient (Wildman–Crippen LogP) is 2.29. The van der Waals surface area contributed by atoms with E-state index in [0.29, 0.717) is 18.4 Å². The fourth-order valence-corrected chi connectivity index (χ4v) is 3.34. The van der Waals surface area contributed by atoms with Crippen molar-refractivity contribution in [3.63, 3.8) is 0 Å². The van der Waals surface area contributed by atoms with Crippen molar-refractivity contribution in [3.05, 3.63) is 47.8 Å². The van der Waals surface area contributed by atoms with Crippen LogP contribution in [0.2, 0.25) is 0 Å². The first-order valence-electron chi connectivity index (χ1n) is 7.48. The van der Waals surface area contributed by atoms with E-state index in [1.807, 2.05) is 12.2 Å². The number of hydrogen-bond acceptors (Lipinski definition) is 3. The number of rotatable bonds is 4. The third-order valence-corrected chi connectivity index (χ3v) is 4.48. The predicted molar refractivity (Wildman–Crippen MR) is 78.6 cm³/mol. The molecule has 1 aliphatic carbocycles. The minimum Gasteiger partial charge on any atom is -0.481 e. The van der Waals surface area contributed by atoms with Gasteiger partial charge in [-0.25, -0.2) is 4.39 Å². The summed E-state index contributed by atoms with van der Waals surface area (Å²) in [5.74, 6) is -3.07. The second-order valence-corrected chi connectivity index (χ2v) is 5.87. The van der Waals surface area contributed by atoms with Gasteiger partial charge in [-0.05, 0) is 30.5 Å². The van der Waals surface area contributed by atoms with E-state index in [0.717, 1.165) is 4.90 Å². The summed E-state index contributed by atoms with van der Waals surface area (Å²) < 4.78 is 13.1. The normalized spacial score (nSPS) is 24.7. The molecule has 0 radical (unpaired) electrons. The van der Waals surface area contributed by atoms with Gasteiger partial charge in [-0.1, -0.05) is 24.3 Å². The Hall–Kier alpha value is -2.50. The molecule has 0 aromatic heterocycles. The first-order chi connectivity index (χ1) is 11.0. The summed E-state index contributed by atoms with van der Waals surface area (Å²) in [6.07, 6.45) is 4.35. The van der Waals surface area contributed by atoms with Gasteiger partial charge in [0.1, 0.15) is 5.82 Å². The largest absolute Gasteiger partial charge is 0.481 e. The van der Waals surface area contributed by atoms with Gasteiger partial charge in [0.2, 0.25) is 11.8 Å². The molecule has 3 rings (SSSR count). The first-order valence-corrected chi connectivity index (χ1v) is 7.48. The number of hydrogen-bond donors (Lipinski definition) is 1. The summed E-state index contributed by atoms with van der Waals surface area (Å²) in [6.45, 7) is 0. The van der Waals surface area contributed by atoms with Crippen LogP contribution in [0.5, 0.6) is 0 Å². The lowest BCUT2D eigenvalue weighted by atomic mass is 9.85. The smallest absolute Gasteiger partial charge is 0.305 e. The first kappa shape index (κ1) is 15.4. The number of carbonyl (C=O) groups is 3. The number of amides is 2. The molecule has 1 N–H and O–H groups in total. The second-order valence-electron chi connectivity index (χ2n) is 5.87. The van der Waals surface area contributed by atoms with Gasteiger partial charge in [-0.3, -0.25) is 19.3 Å². The van der Waals surface area contributed by atoms with Crippen LogP contribution in [0.4, 0.5) is 4.39 Å². The van der Waals surface area contributed by atoms with Gasteiger partial charge in [0.25, 0.3) is 0 Å². The summed E-state index contributed by atoms with van der Waals surface area (Å²) in [7, 11) is 0. The fourth-order valence-electron chi connectivity index (χ4n) is 3.34. The molecule has 1 aromatic rings. The zero-order chi connectivity index (χ0) is 16.6. The number of allylic oxidation sites excluding steroid dienone is 2. The van der Waals surface area contributed by atoms with E-state index in [-0.39, 0.29) is 11.8 Å². The number of carboxylic acids is 1. The minimum absolute atomic E-state index is 0.333. The molecule has 1 saturated heterocycles. The summed E-state index contributed by atoms with van der Waals surface area (Å²) in [5, 5.41) is 9.16. The van der Waals surface area contributed by atoms with E-state index in [9.17, 15) is 18.8 Å². The molecular formula is C17H16FNO4. The van der Waals surface area contributed by atoms with E-state index in [1.54, 1.807) is 0 Å². The summed E-state index contributed by atoms with van der Waals surface area (Å²) in [4.78, 5) is 37.5. The SMILES string of the molecule is O=C(O)C[C@H](c1ccc(F)cc1)N1C(=O)[C@H]2CC=CC[C@@H]2C1=O. The fraction of sp³-hybridized carbons (Fsp3) is 0.353. The number of aliphatic carboxylic acids is 1. The second kappa shape index (κ2) is 5.95. The van der Waals surface area contributed by atoms with Crippen molar-refractivity contribution >= 4 is 17.8 Å². The van der Waals surface area contributed by atoms with Crippen molar-refractivity contribution in [3.8, 4) is 0 Å². The molecule has 0 saturated carbocycles. The Kier molecular flexibility index (Phi) is 3.98. The van der Waals surface area contributed by atoms with Crippen LogP contribution in [0.25, 0.3) is 0 Å². The Bertz CT molecular complexity index is 656. The number of carbonyl (C=O) groups excluding carboxylic acids is 2. The molecule has 1 heterocycles. The van der Waals surface area contributed by atoms with Crippen molar-refractivity contribution in [2.75, 3.05) is 0 Å². The van der Waals surface area contributed by atoms with Crippen molar-refractivity contribution in [2.24, 2.45) is 11.8 Å². The number of fused-ring (bicyclic) bond motifs is 1. The monoisotopic (exact) mass is 317 g/mol. The molecule has 1 aromatic carbocycles. The Morgan fingerprint density at radius 1 is 1.13 bits per heavy atom. The zero-order valence-corrected chi connectivity index (χ0v) is 12.3. The van der Waals surface area contributed by atoms with Gasteiger partial charge in [0.05, 0.1) is 24.3 Å². The lowest BCUT2D eigenvalue weighted by Crippen LogP contribution is -2.36. The Morgan fingerprint density at radius 2 is 1.65 bits per heavy atom. The summed E-state index contributed by atoms with van der Waals surface area (Å²) in [6, 6.07) is 4.33. The summed E-state index contributed by atoms with van der Waals surface area (Å²) in [5.41, 5.74) is 0.446. The highest BCUT2D eigenvalue weighted by Gasteiger charge is 2.50. The molecule has 6 heteroatoms. The van der Waals surface area contributed by atoms with E-state index in [1.165, 1.54) is 24.3 Å². The maximum absolute atomic E-state index is 13.1. The van der Waals surface area contributed by atoms with Gasteiger partial charge < -0.3 is 5.11 Å². The lowest BCUT2D eigenvalue weighted by molar-refractivity contribution is -0.145. The topological polar surface area (TPSA) is 74.7 Å². The molecule has 3 atom stereocenters. The van der Waals surface area contributed by atoms with E-state index >= 15 is 0 Å². The molecule has 23 heavy (non-hydrogen) atoms. The summed E-state index contributed by atoms with van der Waals surface area (Å²) >= 11 is 0. The molecule has 2 aliphatic rings. The molecular weight excluding hydrogens is 301 g/mol. The third kappa shape index (κ3) is 2.76. The number of nitrogens with zero attached hydrogens (tertiary/aromatic N) is 1. The van der Waals surface area contributed by atoms with Crippen LogP contribution < -0.4 is 0 Å². The van der Waals surface area contributed by atoms with Crippen LogP contribution in [0, 0.1) is 17.7 Å². The third-order valence-electron chi connectivity index (χ3n) is 4.48. The van der Waals surface area contributed by atoms with E-state index < -0.39 is 36.1 Å². The molecule has 1 aliphatic heterocycles. The molecule has 2 amide bonds. The van der Waals surface area contributed by atoms with E-state index in [2.05, 4.69) is 0 Å². The molecule has 120 valence electrons. The Balaban J connectivity index is 1.96. The highest BCUT2D eigenvalue weighted by atomic mass is 19.1. The maximum atomic E-state index is 13.1. The van der Waals surface area contributed by atoms with Gasteiger partial charge in [0.15, 0.2) is 0 Å². The van der Waals surface area contributed by atoms with Gasteiger partial charge >= 0.3 is 5.97 Å². The minimum atomic E-state index is -1.12. The van der Waals surface area contributed by atoms with Crippen LogP contribution >= 0.6 is 0 Å². The van der Waals surface area contributed by atoms with Crippen molar-refractivity contribution in [2.45, 2.75) is 25.3 Å². The average Bonchev–Trinajstić information content (AvgIpc) is 2.78. The van der Waals surface area contributed by atoms with Gasteiger partial charge in [-0.2, -0.15) is 0 Å². The average molecular weight is 317 g/mol. The standard InChI is InChI=1S/C17H16FNO4/c18-11-7-5-10(6-8-11)14(9-15(20)21)19-16(22)12-3-1-2-4-13(12)17(19)23/h1-2,5-8,12-14H,3-4,9H2,(H,20,21)/t12-,13-,14+/m0/s1. The molecule has 0 bridgehead atoms. The highest BCUT2D eigenvalue weighted by molar-refractivity contribution is 6.06. The van der Waals surface area contributed by atoms with Crippen molar-refractivity contribution in [1.29, 1.82) is 0 Å². The molecule has 5 nitrogen and oxygen atoms in total. The number of imide groups is 1. The lowest BCUT2D eigenvalue weighted by Gasteiger charge is -2.26. The van der Waals surface area contributed by atoms with Crippen LogP contribution in [-0.2, 0) is 14.4 Å². The van der Waals surface area contributed by atoms with Crippen LogP contribution in [0.3, 0.4) is 0 Å². The number of halogens is 1. The zero-order valence-electron chi connectivity index (χ0n) is 12.3. The van der Waals surface area contributed by atoms with Crippen LogP contribution in [0.15, 0.2) is 36.4 Å². The number of carboxylic acid groups (broad SMARTS) is 1.